The monoisotopic (exact) mass is 144 g/mol. The van der Waals surface area contributed by atoms with Crippen LogP contribution in [0.15, 0.2) is 11.8 Å². The zero-order valence-electron chi connectivity index (χ0n) is 5.34. The second kappa shape index (κ2) is 1.77. The van der Waals surface area contributed by atoms with Gasteiger partial charge in [0.15, 0.2) is 0 Å². The minimum Gasteiger partial charge on any atom is -0.511 e. The summed E-state index contributed by atoms with van der Waals surface area (Å²) in [6, 6.07) is 0. The molecular formula is C6H8O2S. The molecule has 0 aromatic rings. The zero-order chi connectivity index (χ0) is 7.07. The highest BCUT2D eigenvalue weighted by Gasteiger charge is 2.32. The average molecular weight is 144 g/mol. The molecule has 2 nitrogen and oxygen atoms in total. The molecular weight excluding hydrogens is 136 g/mol. The first-order valence-corrected chi connectivity index (χ1v) is 3.48. The van der Waals surface area contributed by atoms with Gasteiger partial charge in [0, 0.05) is 6.08 Å². The van der Waals surface area contributed by atoms with Crippen LogP contribution in [0.1, 0.15) is 13.8 Å². The summed E-state index contributed by atoms with van der Waals surface area (Å²) in [6.45, 7) is 3.63. The molecule has 0 fully saturated rings. The van der Waals surface area contributed by atoms with Gasteiger partial charge in [0.25, 0.3) is 0 Å². The summed E-state index contributed by atoms with van der Waals surface area (Å²) in [4.78, 5) is 10.6. The average Bonchev–Trinajstić information content (AvgIpc) is 1.79. The highest BCUT2D eigenvalue weighted by atomic mass is 32.2. The van der Waals surface area contributed by atoms with Crippen LogP contribution in [0.5, 0.6) is 0 Å². The van der Waals surface area contributed by atoms with Crippen molar-refractivity contribution in [3.05, 3.63) is 11.8 Å². The summed E-state index contributed by atoms with van der Waals surface area (Å²) in [5.74, 6) is 0.178. The fourth-order valence-corrected chi connectivity index (χ4v) is 1.46. The summed E-state index contributed by atoms with van der Waals surface area (Å²) < 4.78 is -0.392. The molecule has 0 aromatic carbocycles. The van der Waals surface area contributed by atoms with Gasteiger partial charge in [-0.3, -0.25) is 4.79 Å². The molecule has 1 aliphatic heterocycles. The third kappa shape index (κ3) is 1.10. The molecule has 0 spiro atoms. The van der Waals surface area contributed by atoms with Crippen molar-refractivity contribution in [1.82, 2.24) is 0 Å². The van der Waals surface area contributed by atoms with Crippen molar-refractivity contribution in [1.29, 1.82) is 0 Å². The van der Waals surface area contributed by atoms with E-state index >= 15 is 0 Å². The first-order chi connectivity index (χ1) is 4.02. The third-order valence-electron chi connectivity index (χ3n) is 1.23. The number of hydrogen-bond acceptors (Lipinski definition) is 3. The summed E-state index contributed by atoms with van der Waals surface area (Å²) in [6.07, 6.45) is 1.27. The van der Waals surface area contributed by atoms with E-state index < -0.39 is 4.75 Å². The van der Waals surface area contributed by atoms with Gasteiger partial charge in [-0.15, -0.1) is 0 Å². The SMILES string of the molecule is CC1(C)SC(=O)C=C1O. The van der Waals surface area contributed by atoms with E-state index in [0.29, 0.717) is 0 Å². The van der Waals surface area contributed by atoms with Crippen LogP contribution in [-0.4, -0.2) is 15.0 Å². The van der Waals surface area contributed by atoms with Crippen LogP contribution >= 0.6 is 11.8 Å². The maximum Gasteiger partial charge on any atom is 0.216 e. The first-order valence-electron chi connectivity index (χ1n) is 2.66. The second-order valence-electron chi connectivity index (χ2n) is 2.46. The lowest BCUT2D eigenvalue weighted by atomic mass is 10.1. The van der Waals surface area contributed by atoms with Gasteiger partial charge in [0.2, 0.25) is 5.12 Å². The minimum absolute atomic E-state index is 0.0579. The topological polar surface area (TPSA) is 37.3 Å². The lowest BCUT2D eigenvalue weighted by molar-refractivity contribution is -0.106. The number of aliphatic hydroxyl groups is 1. The number of aliphatic hydroxyl groups excluding tert-OH is 1. The molecule has 1 aliphatic rings. The van der Waals surface area contributed by atoms with E-state index in [-0.39, 0.29) is 10.9 Å². The Kier molecular flexibility index (Phi) is 1.31. The summed E-state index contributed by atoms with van der Waals surface area (Å²) >= 11 is 1.15. The predicted octanol–water partition coefficient (Wildman–Crippen LogP) is 1.48. The zero-order valence-corrected chi connectivity index (χ0v) is 6.16. The molecule has 0 aromatic heterocycles. The molecule has 1 N–H and O–H groups in total. The molecule has 0 unspecified atom stereocenters. The van der Waals surface area contributed by atoms with Crippen LogP contribution in [0.3, 0.4) is 0 Å². The fraction of sp³-hybridized carbons (Fsp3) is 0.500. The molecule has 0 saturated heterocycles. The molecule has 0 atom stereocenters. The van der Waals surface area contributed by atoms with Gasteiger partial charge in [0.05, 0.1) is 4.75 Å². The van der Waals surface area contributed by atoms with Gasteiger partial charge in [-0.25, -0.2) is 0 Å². The molecule has 3 heteroatoms. The Morgan fingerprint density at radius 3 is 2.33 bits per heavy atom. The molecule has 0 aliphatic carbocycles. The predicted molar refractivity (Wildman–Crippen MR) is 37.4 cm³/mol. The van der Waals surface area contributed by atoms with Crippen molar-refractivity contribution in [2.75, 3.05) is 0 Å². The van der Waals surface area contributed by atoms with E-state index in [1.807, 2.05) is 13.8 Å². The van der Waals surface area contributed by atoms with Crippen LogP contribution in [0, 0.1) is 0 Å². The van der Waals surface area contributed by atoms with Crippen molar-refractivity contribution in [3.8, 4) is 0 Å². The van der Waals surface area contributed by atoms with Crippen LogP contribution in [0.4, 0.5) is 0 Å². The van der Waals surface area contributed by atoms with Crippen LogP contribution in [-0.2, 0) is 4.79 Å². The van der Waals surface area contributed by atoms with E-state index in [1.54, 1.807) is 0 Å². The summed E-state index contributed by atoms with van der Waals surface area (Å²) in [5, 5.41) is 8.99. The number of rotatable bonds is 0. The van der Waals surface area contributed by atoms with Crippen molar-refractivity contribution in [2.24, 2.45) is 0 Å². The Bertz CT molecular complexity index is 181. The van der Waals surface area contributed by atoms with Crippen molar-refractivity contribution in [3.63, 3.8) is 0 Å². The van der Waals surface area contributed by atoms with E-state index in [4.69, 9.17) is 5.11 Å². The highest BCUT2D eigenvalue weighted by molar-refractivity contribution is 8.15. The Morgan fingerprint density at radius 2 is 2.22 bits per heavy atom. The van der Waals surface area contributed by atoms with Gasteiger partial charge >= 0.3 is 0 Å². The van der Waals surface area contributed by atoms with E-state index in [9.17, 15) is 4.79 Å². The molecule has 1 rings (SSSR count). The van der Waals surface area contributed by atoms with Gasteiger partial charge in [-0.1, -0.05) is 11.8 Å². The number of carbonyl (C=O) groups excluding carboxylic acids is 1. The maximum atomic E-state index is 10.6. The molecule has 50 valence electrons. The molecule has 0 saturated carbocycles. The number of carbonyl (C=O) groups is 1. The number of thioether (sulfide) groups is 1. The lowest BCUT2D eigenvalue weighted by Crippen LogP contribution is -2.13. The third-order valence-corrected chi connectivity index (χ3v) is 2.27. The summed E-state index contributed by atoms with van der Waals surface area (Å²) in [7, 11) is 0. The first kappa shape index (κ1) is 6.68. The van der Waals surface area contributed by atoms with E-state index in [1.165, 1.54) is 6.08 Å². The normalized spacial score (nSPS) is 24.2. The Balaban J connectivity index is 2.89. The van der Waals surface area contributed by atoms with Crippen molar-refractivity contribution in [2.45, 2.75) is 18.6 Å². The van der Waals surface area contributed by atoms with Gasteiger partial charge in [-0.2, -0.15) is 0 Å². The van der Waals surface area contributed by atoms with Crippen LogP contribution in [0.25, 0.3) is 0 Å². The fourth-order valence-electron chi connectivity index (χ4n) is 0.619. The maximum absolute atomic E-state index is 10.6. The largest absolute Gasteiger partial charge is 0.511 e. The quantitative estimate of drug-likeness (QED) is 0.559. The Morgan fingerprint density at radius 1 is 1.67 bits per heavy atom. The standard InChI is InChI=1S/C6H8O2S/c1-6(2)4(7)3-5(8)9-6/h3,7H,1-2H3. The van der Waals surface area contributed by atoms with E-state index in [2.05, 4.69) is 0 Å². The summed E-state index contributed by atoms with van der Waals surface area (Å²) in [5.41, 5.74) is 0. The molecule has 0 amide bonds. The molecule has 0 radical (unpaired) electrons. The Labute approximate surface area is 57.9 Å². The molecule has 0 bridgehead atoms. The minimum atomic E-state index is -0.392. The van der Waals surface area contributed by atoms with Crippen molar-refractivity contribution < 1.29 is 9.90 Å². The number of hydrogen-bond donors (Lipinski definition) is 1. The van der Waals surface area contributed by atoms with Gasteiger partial charge in [-0.05, 0) is 13.8 Å². The van der Waals surface area contributed by atoms with Crippen LogP contribution in [0.2, 0.25) is 0 Å². The lowest BCUT2D eigenvalue weighted by Gasteiger charge is -2.13. The Hall–Kier alpha value is -0.440. The van der Waals surface area contributed by atoms with Gasteiger partial charge < -0.3 is 5.11 Å². The smallest absolute Gasteiger partial charge is 0.216 e. The van der Waals surface area contributed by atoms with E-state index in [0.717, 1.165) is 11.8 Å². The second-order valence-corrected chi connectivity index (χ2v) is 4.09. The van der Waals surface area contributed by atoms with Crippen molar-refractivity contribution >= 4 is 16.9 Å². The molecule has 1 heterocycles. The highest BCUT2D eigenvalue weighted by Crippen LogP contribution is 2.37. The van der Waals surface area contributed by atoms with Gasteiger partial charge in [0.1, 0.15) is 5.76 Å². The van der Waals surface area contributed by atoms with Crippen LogP contribution < -0.4 is 0 Å². The molecule has 9 heavy (non-hydrogen) atoms.